The van der Waals surface area contributed by atoms with Gasteiger partial charge in [0, 0.05) is 6.07 Å². The van der Waals surface area contributed by atoms with Crippen LogP contribution in [0.5, 0.6) is 0 Å². The zero-order chi connectivity index (χ0) is 18.4. The number of carbonyl (C=O) groups is 1. The van der Waals surface area contributed by atoms with Crippen molar-refractivity contribution < 1.29 is 23.9 Å². The Morgan fingerprint density at radius 2 is 2.24 bits per heavy atom. The van der Waals surface area contributed by atoms with Crippen molar-refractivity contribution in [3.63, 3.8) is 0 Å². The molecule has 0 aliphatic carbocycles. The average molecular weight is 370 g/mol. The van der Waals surface area contributed by atoms with Gasteiger partial charge in [0.25, 0.3) is 5.69 Å². The van der Waals surface area contributed by atoms with Crippen molar-refractivity contribution in [3.8, 4) is 0 Å². The number of hydrogen-bond donors (Lipinski definition) is 4. The summed E-state index contributed by atoms with van der Waals surface area (Å²) < 4.78 is 17.5. The van der Waals surface area contributed by atoms with Crippen molar-refractivity contribution in [2.45, 2.75) is 12.7 Å². The molecule has 12 nitrogen and oxygen atoms in total. The van der Waals surface area contributed by atoms with E-state index in [-0.39, 0.29) is 18.1 Å². The highest BCUT2D eigenvalue weighted by atomic mass is 31.2. The third-order valence-corrected chi connectivity index (χ3v) is 4.63. The summed E-state index contributed by atoms with van der Waals surface area (Å²) in [5, 5.41) is 21.5. The lowest BCUT2D eigenvalue weighted by Crippen LogP contribution is -2.31. The molecule has 1 amide bonds. The molecule has 0 saturated carbocycles. The van der Waals surface area contributed by atoms with Gasteiger partial charge in [-0.15, -0.1) is 0 Å². The van der Waals surface area contributed by atoms with Crippen LogP contribution in [0.3, 0.4) is 0 Å². The quantitative estimate of drug-likeness (QED) is 0.322. The first-order chi connectivity index (χ1) is 11.8. The summed E-state index contributed by atoms with van der Waals surface area (Å²) >= 11 is 0. The molecule has 1 aromatic heterocycles. The van der Waals surface area contributed by atoms with Crippen LogP contribution in [-0.4, -0.2) is 37.7 Å². The monoisotopic (exact) mass is 370 g/mol. The number of H-pyrrole nitrogens is 1. The number of para-hydroxylation sites is 1. The summed E-state index contributed by atoms with van der Waals surface area (Å²) in [4.78, 5) is 36.3. The van der Waals surface area contributed by atoms with Crippen molar-refractivity contribution in [3.05, 3.63) is 46.3 Å². The van der Waals surface area contributed by atoms with E-state index in [1.807, 2.05) is 0 Å². The Balaban J connectivity index is 2.44. The molecule has 0 spiro atoms. The van der Waals surface area contributed by atoms with Gasteiger partial charge in [-0.25, -0.2) is 9.89 Å². The number of aromatic amines is 1. The van der Waals surface area contributed by atoms with Crippen LogP contribution in [-0.2, 0) is 9.30 Å². The van der Waals surface area contributed by atoms with E-state index in [4.69, 9.17) is 4.74 Å². The first-order valence-electron chi connectivity index (χ1n) is 6.98. The van der Waals surface area contributed by atoms with E-state index in [1.54, 1.807) is 6.92 Å². The summed E-state index contributed by atoms with van der Waals surface area (Å²) in [7, 11) is -4.46. The molecule has 0 aliphatic rings. The van der Waals surface area contributed by atoms with Gasteiger partial charge in [0.15, 0.2) is 5.78 Å². The lowest BCUT2D eigenvalue weighted by atomic mass is 10.2. The molecular formula is C12H15N6O6P. The van der Waals surface area contributed by atoms with Crippen LogP contribution in [0.2, 0.25) is 0 Å². The van der Waals surface area contributed by atoms with E-state index in [0.717, 1.165) is 12.4 Å². The molecule has 13 heteroatoms. The smallest absolute Gasteiger partial charge is 0.408 e. The number of nitrogens with one attached hydrogen (secondary N) is 3. The molecule has 134 valence electrons. The van der Waals surface area contributed by atoms with Gasteiger partial charge < -0.3 is 14.9 Å². The van der Waals surface area contributed by atoms with E-state index in [1.165, 1.54) is 18.2 Å². The molecule has 0 saturated heterocycles. The minimum Gasteiger partial charge on any atom is -0.450 e. The van der Waals surface area contributed by atoms with Gasteiger partial charge in [-0.3, -0.25) is 19.8 Å². The molecule has 0 fully saturated rings. The topological polar surface area (TPSA) is 172 Å². The molecule has 4 N–H and O–H groups in total. The highest BCUT2D eigenvalue weighted by molar-refractivity contribution is 7.59. The Morgan fingerprint density at radius 1 is 1.52 bits per heavy atom. The number of nitro benzene ring substituents is 1. The minimum atomic E-state index is -4.46. The SMILES string of the molecule is CCOC(=O)N[C@H](c1ccccc1[N+](=O)[O-])P(=O)(O)Nc1ncn[nH]1. The average Bonchev–Trinajstić information content (AvgIpc) is 3.05. The van der Waals surface area contributed by atoms with Crippen LogP contribution in [0.4, 0.5) is 16.4 Å². The van der Waals surface area contributed by atoms with E-state index in [2.05, 4.69) is 25.6 Å². The Kier molecular flexibility index (Phi) is 5.67. The second-order valence-corrected chi connectivity index (χ2v) is 6.64. The van der Waals surface area contributed by atoms with Gasteiger partial charge in [-0.1, -0.05) is 12.1 Å². The molecule has 2 aromatic rings. The maximum atomic E-state index is 12.8. The lowest BCUT2D eigenvalue weighted by Gasteiger charge is -2.24. The minimum absolute atomic E-state index is 0.0146. The number of rotatable bonds is 7. The number of alkyl carbamates (subject to hydrolysis) is 1. The maximum Gasteiger partial charge on any atom is 0.408 e. The van der Waals surface area contributed by atoms with Crippen molar-refractivity contribution in [1.82, 2.24) is 20.5 Å². The molecule has 0 bridgehead atoms. The van der Waals surface area contributed by atoms with Gasteiger partial charge in [-0.2, -0.15) is 10.1 Å². The molecule has 25 heavy (non-hydrogen) atoms. The van der Waals surface area contributed by atoms with Crippen LogP contribution < -0.4 is 10.4 Å². The number of amides is 1. The van der Waals surface area contributed by atoms with Crippen molar-refractivity contribution in [2.75, 3.05) is 11.7 Å². The molecule has 0 aliphatic heterocycles. The second kappa shape index (κ2) is 7.73. The van der Waals surface area contributed by atoms with Gasteiger partial charge >= 0.3 is 13.6 Å². The van der Waals surface area contributed by atoms with Crippen molar-refractivity contribution >= 4 is 25.2 Å². The first-order valence-corrected chi connectivity index (χ1v) is 8.70. The number of ether oxygens (including phenoxy) is 1. The standard InChI is InChI=1S/C12H15N6O6P/c1-2-24-12(19)15-10(8-5-3-4-6-9(8)18(20)21)25(22,23)17-11-13-7-14-16-11/h3-7,10H,2H2,1H3,(H,15,19)(H3,13,14,16,17,22,23)/t10-/m0/s1. The highest BCUT2D eigenvalue weighted by Gasteiger charge is 2.39. The van der Waals surface area contributed by atoms with E-state index in [0.29, 0.717) is 0 Å². The van der Waals surface area contributed by atoms with Gasteiger partial charge in [-0.05, 0) is 13.0 Å². The fourth-order valence-electron chi connectivity index (χ4n) is 2.00. The fraction of sp³-hybridized carbons (Fsp3) is 0.250. The van der Waals surface area contributed by atoms with E-state index in [9.17, 15) is 24.4 Å². The van der Waals surface area contributed by atoms with Crippen LogP contribution >= 0.6 is 7.52 Å². The third-order valence-electron chi connectivity index (χ3n) is 2.99. The summed E-state index contributed by atoms with van der Waals surface area (Å²) in [5.74, 6) is -1.79. The number of nitrogens with zero attached hydrogens (tertiary/aromatic N) is 3. The Hall–Kier alpha value is -2.98. The Morgan fingerprint density at radius 3 is 2.84 bits per heavy atom. The highest BCUT2D eigenvalue weighted by Crippen LogP contribution is 2.54. The van der Waals surface area contributed by atoms with Crippen molar-refractivity contribution in [1.29, 1.82) is 0 Å². The zero-order valence-electron chi connectivity index (χ0n) is 12.9. The Bertz CT molecular complexity index is 797. The molecule has 2 rings (SSSR count). The number of hydrogen-bond acceptors (Lipinski definition) is 7. The maximum absolute atomic E-state index is 12.8. The first kappa shape index (κ1) is 18.4. The van der Waals surface area contributed by atoms with Crippen LogP contribution in [0.15, 0.2) is 30.6 Å². The molecule has 1 aromatic carbocycles. The second-order valence-electron chi connectivity index (χ2n) is 4.65. The van der Waals surface area contributed by atoms with Gasteiger partial charge in [0.1, 0.15) is 6.33 Å². The van der Waals surface area contributed by atoms with Crippen LogP contribution in [0.1, 0.15) is 18.3 Å². The lowest BCUT2D eigenvalue weighted by molar-refractivity contribution is -0.385. The predicted molar refractivity (Wildman–Crippen MR) is 85.8 cm³/mol. The van der Waals surface area contributed by atoms with Gasteiger partial charge in [0.2, 0.25) is 5.95 Å². The molecule has 2 atom stereocenters. The Labute approximate surface area is 141 Å². The van der Waals surface area contributed by atoms with Crippen LogP contribution in [0, 0.1) is 10.1 Å². The number of aromatic nitrogens is 3. The molecular weight excluding hydrogens is 355 g/mol. The number of anilines is 1. The largest absolute Gasteiger partial charge is 0.450 e. The van der Waals surface area contributed by atoms with Gasteiger partial charge in [0.05, 0.1) is 17.1 Å². The molecule has 1 heterocycles. The summed E-state index contributed by atoms with van der Waals surface area (Å²) in [6.07, 6.45) is 0.0976. The van der Waals surface area contributed by atoms with E-state index < -0.39 is 30.0 Å². The summed E-state index contributed by atoms with van der Waals surface area (Å²) in [6, 6.07) is 5.26. The predicted octanol–water partition coefficient (Wildman–Crippen LogP) is 1.76. The molecule has 0 radical (unpaired) electrons. The fourth-order valence-corrected chi connectivity index (χ4v) is 3.41. The third kappa shape index (κ3) is 4.52. The number of nitro groups is 1. The summed E-state index contributed by atoms with van der Waals surface area (Å²) in [5.41, 5.74) is -0.601. The van der Waals surface area contributed by atoms with Crippen molar-refractivity contribution in [2.24, 2.45) is 0 Å². The zero-order valence-corrected chi connectivity index (χ0v) is 13.8. The van der Waals surface area contributed by atoms with E-state index >= 15 is 0 Å². The number of benzene rings is 1. The summed E-state index contributed by atoms with van der Waals surface area (Å²) in [6.45, 7) is 1.56. The number of carbonyl (C=O) groups excluding carboxylic acids is 1. The normalized spacial score (nSPS) is 14.2. The van der Waals surface area contributed by atoms with Crippen LogP contribution in [0.25, 0.3) is 0 Å². The molecule has 1 unspecified atom stereocenters.